The van der Waals surface area contributed by atoms with E-state index in [0.29, 0.717) is 19.7 Å². The molecule has 1 aliphatic rings. The zero-order valence-electron chi connectivity index (χ0n) is 12.8. The van der Waals surface area contributed by atoms with Gasteiger partial charge in [0.15, 0.2) is 0 Å². The smallest absolute Gasteiger partial charge is 0.407 e. The maximum atomic E-state index is 11.7. The van der Waals surface area contributed by atoms with Gasteiger partial charge in [0.25, 0.3) is 0 Å². The quantitative estimate of drug-likeness (QED) is 0.411. The van der Waals surface area contributed by atoms with Crippen molar-refractivity contribution in [3.63, 3.8) is 0 Å². The van der Waals surface area contributed by atoms with Crippen LogP contribution in [-0.4, -0.2) is 48.4 Å². The summed E-state index contributed by atoms with van der Waals surface area (Å²) in [5, 5.41) is 11.8. The summed E-state index contributed by atoms with van der Waals surface area (Å²) in [7, 11) is 3.29. The third-order valence-electron chi connectivity index (χ3n) is 3.73. The Hall–Kier alpha value is -0.600. The SMILES string of the molecule is NCCSSCCOC(=O)NCC1(CC(=O)O)CCCCC1. The minimum Gasteiger partial charge on any atom is -0.481 e. The number of carboxylic acid groups (broad SMARTS) is 1. The summed E-state index contributed by atoms with van der Waals surface area (Å²) in [6.45, 7) is 1.37. The van der Waals surface area contributed by atoms with Crippen LogP contribution in [0, 0.1) is 5.41 Å². The van der Waals surface area contributed by atoms with Crippen molar-refractivity contribution in [2.45, 2.75) is 38.5 Å². The van der Waals surface area contributed by atoms with Crippen molar-refractivity contribution in [1.82, 2.24) is 5.32 Å². The fourth-order valence-corrected chi connectivity index (χ4v) is 4.37. The van der Waals surface area contributed by atoms with Gasteiger partial charge in [0.2, 0.25) is 0 Å². The molecule has 1 saturated carbocycles. The van der Waals surface area contributed by atoms with Gasteiger partial charge in [-0.15, -0.1) is 0 Å². The topological polar surface area (TPSA) is 102 Å². The fraction of sp³-hybridized carbons (Fsp3) is 0.857. The first-order chi connectivity index (χ1) is 10.6. The molecule has 0 atom stereocenters. The highest BCUT2D eigenvalue weighted by Gasteiger charge is 2.34. The van der Waals surface area contributed by atoms with Crippen molar-refractivity contribution in [3.8, 4) is 0 Å². The summed E-state index contributed by atoms with van der Waals surface area (Å²) in [4.78, 5) is 22.7. The second-order valence-electron chi connectivity index (χ2n) is 5.55. The number of alkyl carbamates (subject to hydrolysis) is 1. The van der Waals surface area contributed by atoms with E-state index in [0.717, 1.165) is 43.6 Å². The third kappa shape index (κ3) is 8.14. The number of rotatable bonds is 10. The van der Waals surface area contributed by atoms with Crippen LogP contribution in [-0.2, 0) is 9.53 Å². The normalized spacial score (nSPS) is 17.0. The van der Waals surface area contributed by atoms with E-state index in [1.807, 2.05) is 0 Å². The van der Waals surface area contributed by atoms with E-state index in [1.165, 1.54) is 0 Å². The van der Waals surface area contributed by atoms with E-state index < -0.39 is 12.1 Å². The number of hydrogen-bond acceptors (Lipinski definition) is 6. The van der Waals surface area contributed by atoms with Gasteiger partial charge in [0.05, 0.1) is 6.42 Å². The van der Waals surface area contributed by atoms with Crippen molar-refractivity contribution < 1.29 is 19.4 Å². The summed E-state index contributed by atoms with van der Waals surface area (Å²) in [5.41, 5.74) is 5.07. The van der Waals surface area contributed by atoms with Gasteiger partial charge in [-0.05, 0) is 18.3 Å². The maximum absolute atomic E-state index is 11.7. The first kappa shape index (κ1) is 19.4. The Bertz CT molecular complexity index is 350. The van der Waals surface area contributed by atoms with Crippen molar-refractivity contribution in [2.24, 2.45) is 11.1 Å². The van der Waals surface area contributed by atoms with Crippen LogP contribution in [0.3, 0.4) is 0 Å². The Morgan fingerprint density at radius 1 is 1.18 bits per heavy atom. The summed E-state index contributed by atoms with van der Waals surface area (Å²) < 4.78 is 5.10. The van der Waals surface area contributed by atoms with Crippen LogP contribution in [0.15, 0.2) is 0 Å². The molecule has 1 rings (SSSR count). The van der Waals surface area contributed by atoms with Gasteiger partial charge in [-0.2, -0.15) is 0 Å². The molecule has 0 unspecified atom stereocenters. The molecule has 0 aliphatic heterocycles. The highest BCUT2D eigenvalue weighted by molar-refractivity contribution is 8.76. The lowest BCUT2D eigenvalue weighted by molar-refractivity contribution is -0.140. The highest BCUT2D eigenvalue weighted by atomic mass is 33.1. The van der Waals surface area contributed by atoms with Crippen molar-refractivity contribution in [2.75, 3.05) is 31.2 Å². The van der Waals surface area contributed by atoms with Gasteiger partial charge in [0, 0.05) is 24.6 Å². The van der Waals surface area contributed by atoms with Crippen LogP contribution < -0.4 is 11.1 Å². The average Bonchev–Trinajstić information content (AvgIpc) is 2.49. The molecule has 1 fully saturated rings. The molecule has 0 radical (unpaired) electrons. The van der Waals surface area contributed by atoms with Crippen LogP contribution in [0.5, 0.6) is 0 Å². The van der Waals surface area contributed by atoms with Crippen molar-refractivity contribution >= 4 is 33.7 Å². The van der Waals surface area contributed by atoms with Crippen LogP contribution in [0.1, 0.15) is 38.5 Å². The number of aliphatic carboxylic acids is 1. The molecule has 128 valence electrons. The lowest BCUT2D eigenvalue weighted by atomic mass is 9.72. The lowest BCUT2D eigenvalue weighted by Crippen LogP contribution is -2.40. The maximum Gasteiger partial charge on any atom is 0.407 e. The molecule has 0 aromatic rings. The molecule has 1 amide bonds. The first-order valence-electron chi connectivity index (χ1n) is 7.65. The predicted molar refractivity (Wildman–Crippen MR) is 91.1 cm³/mol. The minimum atomic E-state index is -0.801. The molecule has 0 aromatic carbocycles. The molecular weight excluding hydrogens is 324 g/mol. The van der Waals surface area contributed by atoms with Crippen LogP contribution in [0.4, 0.5) is 4.79 Å². The third-order valence-corrected chi connectivity index (χ3v) is 6.13. The number of carboxylic acids is 1. The fourth-order valence-electron chi connectivity index (χ4n) is 2.68. The monoisotopic (exact) mass is 350 g/mol. The number of carbonyl (C=O) groups excluding carboxylic acids is 1. The number of ether oxygens (including phenoxy) is 1. The Labute approximate surface area is 139 Å². The molecule has 1 aliphatic carbocycles. The van der Waals surface area contributed by atoms with E-state index in [9.17, 15) is 9.59 Å². The molecule has 8 heteroatoms. The van der Waals surface area contributed by atoms with Crippen LogP contribution >= 0.6 is 21.6 Å². The van der Waals surface area contributed by atoms with E-state index >= 15 is 0 Å². The zero-order valence-corrected chi connectivity index (χ0v) is 14.5. The number of nitrogens with two attached hydrogens (primary N) is 1. The largest absolute Gasteiger partial charge is 0.481 e. The summed E-state index contributed by atoms with van der Waals surface area (Å²) in [5.74, 6) is 0.804. The Morgan fingerprint density at radius 2 is 1.86 bits per heavy atom. The zero-order chi connectivity index (χ0) is 16.3. The van der Waals surface area contributed by atoms with Gasteiger partial charge < -0.3 is 20.9 Å². The Morgan fingerprint density at radius 3 is 2.50 bits per heavy atom. The second kappa shape index (κ2) is 11.0. The number of nitrogens with one attached hydrogen (secondary N) is 1. The molecule has 0 bridgehead atoms. The average molecular weight is 351 g/mol. The lowest BCUT2D eigenvalue weighted by Gasteiger charge is -2.36. The Kier molecular flexibility index (Phi) is 9.74. The molecule has 6 nitrogen and oxygen atoms in total. The van der Waals surface area contributed by atoms with Gasteiger partial charge >= 0.3 is 12.1 Å². The number of carbonyl (C=O) groups is 2. The van der Waals surface area contributed by atoms with Crippen LogP contribution in [0.25, 0.3) is 0 Å². The molecule has 4 N–H and O–H groups in total. The molecular formula is C14H26N2O4S2. The predicted octanol–water partition coefficient (Wildman–Crippen LogP) is 2.48. The molecule has 0 saturated heterocycles. The molecule has 0 spiro atoms. The molecule has 0 heterocycles. The number of amides is 1. The Balaban J connectivity index is 2.23. The first-order valence-corrected chi connectivity index (χ1v) is 10.1. The standard InChI is InChI=1S/C14H26N2O4S2/c15-6-8-21-22-9-7-20-13(19)16-11-14(10-12(17)18)4-2-1-3-5-14/h1-11,15H2,(H,16,19)(H,17,18). The van der Waals surface area contributed by atoms with E-state index in [1.54, 1.807) is 21.6 Å². The summed E-state index contributed by atoms with van der Waals surface area (Å²) in [6, 6.07) is 0. The van der Waals surface area contributed by atoms with Gasteiger partial charge in [0.1, 0.15) is 6.61 Å². The van der Waals surface area contributed by atoms with Gasteiger partial charge in [-0.25, -0.2) is 4.79 Å². The highest BCUT2D eigenvalue weighted by Crippen LogP contribution is 2.38. The van der Waals surface area contributed by atoms with E-state index in [2.05, 4.69) is 5.32 Å². The van der Waals surface area contributed by atoms with Gasteiger partial charge in [-0.3, -0.25) is 4.79 Å². The van der Waals surface area contributed by atoms with Crippen LogP contribution in [0.2, 0.25) is 0 Å². The second-order valence-corrected chi connectivity index (χ2v) is 8.26. The molecule has 0 aromatic heterocycles. The van der Waals surface area contributed by atoms with Crippen molar-refractivity contribution in [3.05, 3.63) is 0 Å². The summed E-state index contributed by atoms with van der Waals surface area (Å²) in [6.07, 6.45) is 4.55. The van der Waals surface area contributed by atoms with Crippen molar-refractivity contribution in [1.29, 1.82) is 0 Å². The van der Waals surface area contributed by atoms with E-state index in [-0.39, 0.29) is 11.8 Å². The van der Waals surface area contributed by atoms with Gasteiger partial charge in [-0.1, -0.05) is 40.9 Å². The molecule has 22 heavy (non-hydrogen) atoms. The minimum absolute atomic E-state index is 0.110. The number of hydrogen-bond donors (Lipinski definition) is 3. The summed E-state index contributed by atoms with van der Waals surface area (Å²) >= 11 is 0. The van der Waals surface area contributed by atoms with E-state index in [4.69, 9.17) is 15.6 Å².